The van der Waals surface area contributed by atoms with Crippen molar-refractivity contribution >= 4 is 11.6 Å². The molecule has 88 valence electrons. The normalized spacial score (nSPS) is 10.1. The van der Waals surface area contributed by atoms with Crippen molar-refractivity contribution in [2.75, 3.05) is 18.4 Å². The average molecular weight is 220 g/mol. The number of para-hydroxylation sites is 1. The number of benzene rings is 1. The van der Waals surface area contributed by atoms with Gasteiger partial charge in [0.15, 0.2) is 0 Å². The Morgan fingerprint density at radius 3 is 2.69 bits per heavy atom. The van der Waals surface area contributed by atoms with Gasteiger partial charge in [-0.3, -0.25) is 4.79 Å². The molecular weight excluding hydrogens is 200 g/mol. The maximum atomic E-state index is 11.6. The van der Waals surface area contributed by atoms with E-state index in [0.29, 0.717) is 6.54 Å². The largest absolute Gasteiger partial charge is 0.325 e. The summed E-state index contributed by atoms with van der Waals surface area (Å²) >= 11 is 0. The second kappa shape index (κ2) is 7.01. The number of amides is 1. The van der Waals surface area contributed by atoms with E-state index in [-0.39, 0.29) is 5.91 Å². The van der Waals surface area contributed by atoms with E-state index in [9.17, 15) is 4.79 Å². The van der Waals surface area contributed by atoms with Crippen LogP contribution in [0.5, 0.6) is 0 Å². The Bertz CT molecular complexity index is 336. The third kappa shape index (κ3) is 4.03. The van der Waals surface area contributed by atoms with Crippen molar-refractivity contribution in [1.82, 2.24) is 5.32 Å². The molecule has 16 heavy (non-hydrogen) atoms. The Morgan fingerprint density at radius 1 is 1.25 bits per heavy atom. The van der Waals surface area contributed by atoms with Crippen LogP contribution in [0.3, 0.4) is 0 Å². The maximum Gasteiger partial charge on any atom is 0.238 e. The van der Waals surface area contributed by atoms with Gasteiger partial charge in [0, 0.05) is 5.69 Å². The van der Waals surface area contributed by atoms with Crippen LogP contribution < -0.4 is 10.6 Å². The lowest BCUT2D eigenvalue weighted by Gasteiger charge is -2.09. The lowest BCUT2D eigenvalue weighted by atomic mass is 10.1. The Labute approximate surface area is 97.2 Å². The van der Waals surface area contributed by atoms with Crippen LogP contribution in [-0.4, -0.2) is 19.0 Å². The minimum Gasteiger partial charge on any atom is -0.325 e. The van der Waals surface area contributed by atoms with E-state index in [1.807, 2.05) is 24.3 Å². The molecule has 1 aromatic rings. The van der Waals surface area contributed by atoms with Crippen LogP contribution in [0.1, 0.15) is 25.8 Å². The summed E-state index contributed by atoms with van der Waals surface area (Å²) in [6.45, 7) is 5.42. The van der Waals surface area contributed by atoms with Crippen LogP contribution >= 0.6 is 0 Å². The predicted molar refractivity (Wildman–Crippen MR) is 67.6 cm³/mol. The second-order valence-corrected chi connectivity index (χ2v) is 3.74. The lowest BCUT2D eigenvalue weighted by Crippen LogP contribution is -2.28. The average Bonchev–Trinajstić information content (AvgIpc) is 2.30. The Hall–Kier alpha value is -1.35. The highest BCUT2D eigenvalue weighted by Crippen LogP contribution is 2.14. The highest BCUT2D eigenvalue weighted by atomic mass is 16.1. The number of aryl methyl sites for hydroxylation is 1. The van der Waals surface area contributed by atoms with E-state index in [2.05, 4.69) is 24.5 Å². The van der Waals surface area contributed by atoms with Crippen LogP contribution in [0.2, 0.25) is 0 Å². The minimum absolute atomic E-state index is 0.0225. The van der Waals surface area contributed by atoms with Crippen molar-refractivity contribution in [3.05, 3.63) is 29.8 Å². The Morgan fingerprint density at radius 2 is 2.00 bits per heavy atom. The van der Waals surface area contributed by atoms with E-state index < -0.39 is 0 Å². The first kappa shape index (κ1) is 12.7. The maximum absolute atomic E-state index is 11.6. The lowest BCUT2D eigenvalue weighted by molar-refractivity contribution is -0.115. The second-order valence-electron chi connectivity index (χ2n) is 3.74. The Balaban J connectivity index is 2.49. The molecule has 0 saturated carbocycles. The van der Waals surface area contributed by atoms with Crippen LogP contribution in [0.4, 0.5) is 5.69 Å². The van der Waals surface area contributed by atoms with Crippen LogP contribution in [0, 0.1) is 0 Å². The third-order valence-electron chi connectivity index (χ3n) is 2.38. The standard InChI is InChI=1S/C13H20N2O/c1-3-9-14-10-13(16)15-12-8-6-5-7-11(12)4-2/h5-8,14H,3-4,9-10H2,1-2H3,(H,15,16). The number of hydrogen-bond donors (Lipinski definition) is 2. The van der Waals surface area contributed by atoms with Gasteiger partial charge in [0.2, 0.25) is 5.91 Å². The summed E-state index contributed by atoms with van der Waals surface area (Å²) in [6.07, 6.45) is 1.97. The molecule has 3 heteroatoms. The molecular formula is C13H20N2O. The monoisotopic (exact) mass is 220 g/mol. The number of hydrogen-bond acceptors (Lipinski definition) is 2. The first-order chi connectivity index (χ1) is 7.77. The summed E-state index contributed by atoms with van der Waals surface area (Å²) in [6, 6.07) is 7.91. The van der Waals surface area contributed by atoms with E-state index >= 15 is 0 Å². The van der Waals surface area contributed by atoms with Gasteiger partial charge in [0.1, 0.15) is 0 Å². The zero-order valence-electron chi connectivity index (χ0n) is 10.0. The molecule has 0 unspecified atom stereocenters. The van der Waals surface area contributed by atoms with Gasteiger partial charge in [-0.1, -0.05) is 32.0 Å². The fourth-order valence-electron chi connectivity index (χ4n) is 1.52. The third-order valence-corrected chi connectivity index (χ3v) is 2.38. The first-order valence-corrected chi connectivity index (χ1v) is 5.86. The summed E-state index contributed by atoms with van der Waals surface area (Å²) in [7, 11) is 0. The van der Waals surface area contributed by atoms with Crippen molar-refractivity contribution < 1.29 is 4.79 Å². The van der Waals surface area contributed by atoms with Gasteiger partial charge in [-0.15, -0.1) is 0 Å². The molecule has 0 aliphatic rings. The molecule has 3 nitrogen and oxygen atoms in total. The fourth-order valence-corrected chi connectivity index (χ4v) is 1.52. The minimum atomic E-state index is 0.0225. The van der Waals surface area contributed by atoms with Gasteiger partial charge in [0.25, 0.3) is 0 Å². The molecule has 0 radical (unpaired) electrons. The van der Waals surface area contributed by atoms with Crippen molar-refractivity contribution in [2.24, 2.45) is 0 Å². The predicted octanol–water partition coefficient (Wildman–Crippen LogP) is 2.19. The van der Waals surface area contributed by atoms with Gasteiger partial charge >= 0.3 is 0 Å². The molecule has 0 aliphatic carbocycles. The smallest absolute Gasteiger partial charge is 0.238 e. The van der Waals surface area contributed by atoms with Gasteiger partial charge in [0.05, 0.1) is 6.54 Å². The molecule has 1 rings (SSSR count). The molecule has 0 fully saturated rings. The quantitative estimate of drug-likeness (QED) is 0.721. The van der Waals surface area contributed by atoms with E-state index in [1.165, 1.54) is 5.56 Å². The molecule has 0 atom stereocenters. The number of carbonyl (C=O) groups excluding carboxylic acids is 1. The zero-order valence-corrected chi connectivity index (χ0v) is 10.0. The highest BCUT2D eigenvalue weighted by Gasteiger charge is 2.04. The van der Waals surface area contributed by atoms with E-state index in [0.717, 1.165) is 25.1 Å². The summed E-state index contributed by atoms with van der Waals surface area (Å²) < 4.78 is 0. The zero-order chi connectivity index (χ0) is 11.8. The molecule has 0 heterocycles. The first-order valence-electron chi connectivity index (χ1n) is 5.86. The van der Waals surface area contributed by atoms with Gasteiger partial charge < -0.3 is 10.6 Å². The summed E-state index contributed by atoms with van der Waals surface area (Å²) in [5.41, 5.74) is 2.10. The molecule has 0 saturated heterocycles. The fraction of sp³-hybridized carbons (Fsp3) is 0.462. The molecule has 2 N–H and O–H groups in total. The van der Waals surface area contributed by atoms with Crippen LogP contribution in [-0.2, 0) is 11.2 Å². The highest BCUT2D eigenvalue weighted by molar-refractivity contribution is 5.92. The SMILES string of the molecule is CCCNCC(=O)Nc1ccccc1CC. The van der Waals surface area contributed by atoms with Crippen LogP contribution in [0.15, 0.2) is 24.3 Å². The van der Waals surface area contributed by atoms with Crippen molar-refractivity contribution in [3.8, 4) is 0 Å². The van der Waals surface area contributed by atoms with Crippen molar-refractivity contribution in [2.45, 2.75) is 26.7 Å². The molecule has 1 aromatic carbocycles. The number of carbonyl (C=O) groups is 1. The molecule has 0 bridgehead atoms. The number of anilines is 1. The Kier molecular flexibility index (Phi) is 5.57. The molecule has 0 spiro atoms. The van der Waals surface area contributed by atoms with Gasteiger partial charge in [-0.05, 0) is 31.0 Å². The van der Waals surface area contributed by atoms with E-state index in [4.69, 9.17) is 0 Å². The van der Waals surface area contributed by atoms with Crippen molar-refractivity contribution in [1.29, 1.82) is 0 Å². The molecule has 1 amide bonds. The van der Waals surface area contributed by atoms with Crippen LogP contribution in [0.25, 0.3) is 0 Å². The van der Waals surface area contributed by atoms with Gasteiger partial charge in [-0.2, -0.15) is 0 Å². The summed E-state index contributed by atoms with van der Waals surface area (Å²) in [4.78, 5) is 11.6. The van der Waals surface area contributed by atoms with Gasteiger partial charge in [-0.25, -0.2) is 0 Å². The topological polar surface area (TPSA) is 41.1 Å². The molecule has 0 aliphatic heterocycles. The summed E-state index contributed by atoms with van der Waals surface area (Å²) in [5, 5.41) is 6.00. The van der Waals surface area contributed by atoms with E-state index in [1.54, 1.807) is 0 Å². The number of rotatable bonds is 6. The number of nitrogens with one attached hydrogen (secondary N) is 2. The summed E-state index contributed by atoms with van der Waals surface area (Å²) in [5.74, 6) is 0.0225. The molecule has 0 aromatic heterocycles. The van der Waals surface area contributed by atoms with Crippen molar-refractivity contribution in [3.63, 3.8) is 0 Å².